The number of hydrogen-bond donors (Lipinski definition) is 1. The number of rotatable bonds is 6. The lowest BCUT2D eigenvalue weighted by Crippen LogP contribution is -2.39. The number of piperidine rings is 1. The fourth-order valence-electron chi connectivity index (χ4n) is 4.60. The zero-order valence-electron chi connectivity index (χ0n) is 18.5. The molecule has 6 heteroatoms. The lowest BCUT2D eigenvalue weighted by atomic mass is 9.96. The number of carbonyl (C=O) groups is 1. The Hall–Kier alpha value is -3.41. The number of pyridine rings is 1. The van der Waals surface area contributed by atoms with Crippen molar-refractivity contribution in [2.45, 2.75) is 39.2 Å². The number of aromatic amines is 1. The number of hydrogen-bond acceptors (Lipinski definition) is 3. The number of H-pyrrole nitrogens is 1. The minimum atomic E-state index is 0.281. The van der Waals surface area contributed by atoms with Gasteiger partial charge in [0, 0.05) is 61.2 Å². The zero-order chi connectivity index (χ0) is 21.9. The SMILES string of the molecule is Cc1ccc(CCC(=O)N2CCC(Cn3ccc4cc(-c5cn[nH]c5)cnc43)CC2)cc1. The first-order valence-corrected chi connectivity index (χ1v) is 11.4. The van der Waals surface area contributed by atoms with Gasteiger partial charge in [-0.25, -0.2) is 4.98 Å². The molecule has 1 aromatic carbocycles. The number of amides is 1. The summed E-state index contributed by atoms with van der Waals surface area (Å²) in [6, 6.07) is 12.8. The van der Waals surface area contributed by atoms with Gasteiger partial charge >= 0.3 is 0 Å². The van der Waals surface area contributed by atoms with Crippen molar-refractivity contribution in [3.05, 3.63) is 72.3 Å². The maximum absolute atomic E-state index is 12.7. The fourth-order valence-corrected chi connectivity index (χ4v) is 4.60. The van der Waals surface area contributed by atoms with E-state index in [-0.39, 0.29) is 5.91 Å². The third-order valence-corrected chi connectivity index (χ3v) is 6.60. The van der Waals surface area contributed by atoms with Gasteiger partial charge in [-0.1, -0.05) is 29.8 Å². The topological polar surface area (TPSA) is 66.8 Å². The van der Waals surface area contributed by atoms with Crippen molar-refractivity contribution in [3.8, 4) is 11.1 Å². The summed E-state index contributed by atoms with van der Waals surface area (Å²) in [5.74, 6) is 0.853. The first-order valence-electron chi connectivity index (χ1n) is 11.4. The third-order valence-electron chi connectivity index (χ3n) is 6.60. The molecule has 3 aromatic heterocycles. The lowest BCUT2D eigenvalue weighted by Gasteiger charge is -2.32. The highest BCUT2D eigenvalue weighted by Gasteiger charge is 2.23. The van der Waals surface area contributed by atoms with E-state index in [0.29, 0.717) is 12.3 Å². The van der Waals surface area contributed by atoms with Crippen LogP contribution in [0.3, 0.4) is 0 Å². The Morgan fingerprint density at radius 2 is 1.91 bits per heavy atom. The van der Waals surface area contributed by atoms with E-state index in [4.69, 9.17) is 4.98 Å². The largest absolute Gasteiger partial charge is 0.343 e. The highest BCUT2D eigenvalue weighted by atomic mass is 16.2. The second-order valence-electron chi connectivity index (χ2n) is 8.90. The van der Waals surface area contributed by atoms with Crippen LogP contribution in [0.5, 0.6) is 0 Å². The average molecular weight is 428 g/mol. The molecule has 0 unspecified atom stereocenters. The summed E-state index contributed by atoms with van der Waals surface area (Å²) in [7, 11) is 0. The molecule has 32 heavy (non-hydrogen) atoms. The maximum atomic E-state index is 12.7. The number of aryl methyl sites for hydroxylation is 2. The van der Waals surface area contributed by atoms with Crippen LogP contribution < -0.4 is 0 Å². The molecular weight excluding hydrogens is 398 g/mol. The van der Waals surface area contributed by atoms with Crippen LogP contribution in [-0.4, -0.2) is 43.6 Å². The second-order valence-corrected chi connectivity index (χ2v) is 8.90. The van der Waals surface area contributed by atoms with Crippen LogP contribution in [-0.2, 0) is 17.8 Å². The average Bonchev–Trinajstić information content (AvgIpc) is 3.49. The van der Waals surface area contributed by atoms with Crippen LogP contribution in [0.15, 0.2) is 61.2 Å². The maximum Gasteiger partial charge on any atom is 0.222 e. The summed E-state index contributed by atoms with van der Waals surface area (Å²) < 4.78 is 2.26. The molecule has 1 amide bonds. The minimum Gasteiger partial charge on any atom is -0.343 e. The molecule has 0 aliphatic carbocycles. The summed E-state index contributed by atoms with van der Waals surface area (Å²) in [4.78, 5) is 19.4. The quantitative estimate of drug-likeness (QED) is 0.489. The van der Waals surface area contributed by atoms with Crippen LogP contribution in [0, 0.1) is 12.8 Å². The van der Waals surface area contributed by atoms with Crippen molar-refractivity contribution in [3.63, 3.8) is 0 Å². The van der Waals surface area contributed by atoms with Gasteiger partial charge in [-0.15, -0.1) is 0 Å². The Morgan fingerprint density at radius 3 is 2.66 bits per heavy atom. The molecule has 5 rings (SSSR count). The summed E-state index contributed by atoms with van der Waals surface area (Å²) in [5.41, 5.74) is 5.63. The molecule has 1 aliphatic heterocycles. The molecule has 0 radical (unpaired) electrons. The Labute approximate surface area is 188 Å². The smallest absolute Gasteiger partial charge is 0.222 e. The number of nitrogens with one attached hydrogen (secondary N) is 1. The van der Waals surface area contributed by atoms with Gasteiger partial charge < -0.3 is 9.47 Å². The highest BCUT2D eigenvalue weighted by Crippen LogP contribution is 2.25. The van der Waals surface area contributed by atoms with Gasteiger partial charge in [0.25, 0.3) is 0 Å². The molecule has 1 N–H and O–H groups in total. The van der Waals surface area contributed by atoms with Gasteiger partial charge in [0.05, 0.1) is 6.20 Å². The molecule has 6 nitrogen and oxygen atoms in total. The summed E-state index contributed by atoms with van der Waals surface area (Å²) in [6.07, 6.45) is 11.3. The van der Waals surface area contributed by atoms with Crippen LogP contribution in [0.4, 0.5) is 0 Å². The Kier molecular flexibility index (Phi) is 5.75. The molecule has 4 aromatic rings. The number of aromatic nitrogens is 4. The minimum absolute atomic E-state index is 0.281. The second kappa shape index (κ2) is 8.99. The van der Waals surface area contributed by atoms with E-state index in [2.05, 4.69) is 64.3 Å². The fraction of sp³-hybridized carbons (Fsp3) is 0.346. The molecular formula is C26H29N5O. The molecule has 1 aliphatic rings. The van der Waals surface area contributed by atoms with Gasteiger partial charge in [-0.2, -0.15) is 5.10 Å². The molecule has 164 valence electrons. The summed E-state index contributed by atoms with van der Waals surface area (Å²) >= 11 is 0. The zero-order valence-corrected chi connectivity index (χ0v) is 18.5. The first kappa shape index (κ1) is 20.5. The summed E-state index contributed by atoms with van der Waals surface area (Å²) in [5, 5.41) is 8.02. The first-order chi connectivity index (χ1) is 15.7. The van der Waals surface area contributed by atoms with E-state index < -0.39 is 0 Å². The molecule has 4 heterocycles. The van der Waals surface area contributed by atoms with Gasteiger partial charge in [-0.3, -0.25) is 9.89 Å². The molecule has 0 spiro atoms. The number of carbonyl (C=O) groups excluding carboxylic acids is 1. The predicted molar refractivity (Wildman–Crippen MR) is 126 cm³/mol. The van der Waals surface area contributed by atoms with Crippen molar-refractivity contribution in [2.75, 3.05) is 13.1 Å². The van der Waals surface area contributed by atoms with E-state index >= 15 is 0 Å². The van der Waals surface area contributed by atoms with Crippen LogP contribution in [0.25, 0.3) is 22.2 Å². The van der Waals surface area contributed by atoms with Crippen LogP contribution in [0.2, 0.25) is 0 Å². The lowest BCUT2D eigenvalue weighted by molar-refractivity contribution is -0.132. The van der Waals surface area contributed by atoms with E-state index in [1.807, 2.05) is 23.5 Å². The monoisotopic (exact) mass is 427 g/mol. The van der Waals surface area contributed by atoms with E-state index in [1.54, 1.807) is 0 Å². The van der Waals surface area contributed by atoms with Gasteiger partial charge in [0.15, 0.2) is 0 Å². The Morgan fingerprint density at radius 1 is 1.09 bits per heavy atom. The Balaban J connectivity index is 1.15. The molecule has 0 atom stereocenters. The number of nitrogens with zero attached hydrogens (tertiary/aromatic N) is 4. The van der Waals surface area contributed by atoms with Crippen molar-refractivity contribution in [1.82, 2.24) is 24.6 Å². The Bertz CT molecular complexity index is 1180. The number of benzene rings is 1. The summed E-state index contributed by atoms with van der Waals surface area (Å²) in [6.45, 7) is 4.75. The highest BCUT2D eigenvalue weighted by molar-refractivity contribution is 5.81. The van der Waals surface area contributed by atoms with Crippen molar-refractivity contribution in [1.29, 1.82) is 0 Å². The van der Waals surface area contributed by atoms with Gasteiger partial charge in [0.2, 0.25) is 5.91 Å². The van der Waals surface area contributed by atoms with Crippen LogP contribution >= 0.6 is 0 Å². The number of likely N-dealkylation sites (tertiary alicyclic amines) is 1. The molecule has 0 saturated carbocycles. The molecule has 1 saturated heterocycles. The van der Waals surface area contributed by atoms with Crippen molar-refractivity contribution < 1.29 is 4.79 Å². The van der Waals surface area contributed by atoms with Gasteiger partial charge in [-0.05, 0) is 49.8 Å². The molecule has 0 bridgehead atoms. The van der Waals surface area contributed by atoms with E-state index in [9.17, 15) is 4.79 Å². The van der Waals surface area contributed by atoms with E-state index in [0.717, 1.165) is 61.1 Å². The van der Waals surface area contributed by atoms with Crippen molar-refractivity contribution >= 4 is 16.9 Å². The normalized spacial score (nSPS) is 14.8. The predicted octanol–water partition coefficient (Wildman–Crippen LogP) is 4.61. The molecule has 1 fully saturated rings. The van der Waals surface area contributed by atoms with Crippen LogP contribution in [0.1, 0.15) is 30.4 Å². The van der Waals surface area contributed by atoms with Gasteiger partial charge in [0.1, 0.15) is 5.65 Å². The number of fused-ring (bicyclic) bond motifs is 1. The van der Waals surface area contributed by atoms with E-state index in [1.165, 1.54) is 11.1 Å². The third kappa shape index (κ3) is 4.44. The van der Waals surface area contributed by atoms with Crippen molar-refractivity contribution in [2.24, 2.45) is 5.92 Å². The standard InChI is InChI=1S/C26H29N5O/c1-19-2-4-20(5-3-19)6-7-25(32)30-11-8-21(9-12-30)18-31-13-10-22-14-23(15-27-26(22)31)24-16-28-29-17-24/h2-5,10,13-17,21H,6-9,11-12,18H2,1H3,(H,28,29).